The van der Waals surface area contributed by atoms with Gasteiger partial charge in [0.2, 0.25) is 0 Å². The number of rotatable bonds is 10. The van der Waals surface area contributed by atoms with Crippen LogP contribution in [0.15, 0.2) is 0 Å². The molecule has 6 aliphatic rings. The minimum Gasteiger partial charge on any atom is -0.353 e. The van der Waals surface area contributed by atoms with E-state index in [4.69, 9.17) is 18.9 Å². The number of ether oxygens (including phenoxy) is 4. The maximum atomic E-state index is 6.83. The van der Waals surface area contributed by atoms with Crippen LogP contribution in [0.1, 0.15) is 181 Å². The first-order valence-electron chi connectivity index (χ1n) is 21.2. The average molecular weight is 663 g/mol. The van der Waals surface area contributed by atoms with Gasteiger partial charge in [0.25, 0.3) is 0 Å². The van der Waals surface area contributed by atoms with E-state index in [-0.39, 0.29) is 12.6 Å². The Labute approximate surface area is 295 Å². The van der Waals surface area contributed by atoms with Crippen molar-refractivity contribution in [3.63, 3.8) is 0 Å². The highest BCUT2D eigenvalue weighted by Crippen LogP contribution is 2.46. The summed E-state index contributed by atoms with van der Waals surface area (Å²) in [6.07, 6.45) is 32.4. The lowest BCUT2D eigenvalue weighted by atomic mass is 9.67. The highest BCUT2D eigenvalue weighted by Gasteiger charge is 2.42. The molecule has 4 nitrogen and oxygen atoms in total. The second kappa shape index (κ2) is 18.5. The Kier molecular flexibility index (Phi) is 14.1. The Morgan fingerprint density at radius 1 is 0.479 bits per heavy atom. The highest BCUT2D eigenvalue weighted by molar-refractivity contribution is 5.34. The van der Waals surface area contributed by atoms with Crippen LogP contribution in [-0.2, 0) is 18.9 Å². The molecule has 0 radical (unpaired) electrons. The van der Waals surface area contributed by atoms with Crippen molar-refractivity contribution in [1.82, 2.24) is 0 Å². The predicted octanol–water partition coefficient (Wildman–Crippen LogP) is 11.2. The molecule has 2 saturated heterocycles. The Morgan fingerprint density at radius 2 is 0.854 bits per heavy atom. The lowest BCUT2D eigenvalue weighted by Crippen LogP contribution is -2.42. The molecule has 0 aromatic carbocycles. The molecule has 4 aliphatic carbocycles. The number of hydrogen-bond acceptors (Lipinski definition) is 4. The maximum Gasteiger partial charge on any atom is 0.159 e. The average Bonchev–Trinajstić information content (AvgIpc) is 3.13. The summed E-state index contributed by atoms with van der Waals surface area (Å²) in [5, 5.41) is 0. The SMILES string of the molecule is CCCC1CCC(C2CCC(C#CC#CC3(OC4CCCCO4)CCC(C4CCC(CCC)CC4)CC3)(OC3CCCCO3)CC2)CC1. The second-order valence-electron chi connectivity index (χ2n) is 17.1. The van der Waals surface area contributed by atoms with E-state index < -0.39 is 11.2 Å². The monoisotopic (exact) mass is 663 g/mol. The molecule has 6 rings (SSSR count). The Bertz CT molecular complexity index is 963. The van der Waals surface area contributed by atoms with Gasteiger partial charge >= 0.3 is 0 Å². The van der Waals surface area contributed by atoms with Crippen LogP contribution >= 0.6 is 0 Å². The molecule has 6 fully saturated rings. The van der Waals surface area contributed by atoms with Crippen molar-refractivity contribution in [3.05, 3.63) is 0 Å². The summed E-state index contributed by atoms with van der Waals surface area (Å²) < 4.78 is 25.9. The quantitative estimate of drug-likeness (QED) is 0.218. The van der Waals surface area contributed by atoms with Crippen molar-refractivity contribution < 1.29 is 18.9 Å². The van der Waals surface area contributed by atoms with Crippen LogP contribution in [0.4, 0.5) is 0 Å². The van der Waals surface area contributed by atoms with Crippen LogP contribution in [0.25, 0.3) is 0 Å². The Hall–Kier alpha value is -1.04. The van der Waals surface area contributed by atoms with Crippen LogP contribution in [0.5, 0.6) is 0 Å². The number of hydrogen-bond donors (Lipinski definition) is 0. The predicted molar refractivity (Wildman–Crippen MR) is 195 cm³/mol. The lowest BCUT2D eigenvalue weighted by Gasteiger charge is -2.43. The minimum absolute atomic E-state index is 0.118. The lowest BCUT2D eigenvalue weighted by molar-refractivity contribution is -0.218. The van der Waals surface area contributed by atoms with E-state index in [1.807, 2.05) is 0 Å². The summed E-state index contributed by atoms with van der Waals surface area (Å²) in [5.41, 5.74) is -0.858. The standard InChI is InChI=1S/C44H70O4/c1-3-11-35-15-19-37(20-16-35)39-23-29-43(30-24-39,47-41-13-5-9-33-45-41)27-7-8-28-44(48-42-14-6-10-34-46-42)31-25-40(26-32-44)38-21-17-36(12-4-2)18-22-38/h35-42H,3-6,9-26,29-34H2,1-2H3. The van der Waals surface area contributed by atoms with Crippen LogP contribution in [0.3, 0.4) is 0 Å². The zero-order chi connectivity index (χ0) is 33.1. The van der Waals surface area contributed by atoms with Gasteiger partial charge in [-0.05, 0) is 163 Å². The maximum absolute atomic E-state index is 6.83. The van der Waals surface area contributed by atoms with Crippen LogP contribution in [-0.4, -0.2) is 37.0 Å². The van der Waals surface area contributed by atoms with Gasteiger partial charge in [-0.1, -0.05) is 77.1 Å². The topological polar surface area (TPSA) is 36.9 Å². The third kappa shape index (κ3) is 10.3. The molecule has 48 heavy (non-hydrogen) atoms. The summed E-state index contributed by atoms with van der Waals surface area (Å²) in [4.78, 5) is 0. The van der Waals surface area contributed by atoms with Gasteiger partial charge in [0.1, 0.15) is 11.2 Å². The van der Waals surface area contributed by atoms with Gasteiger partial charge in [-0.2, -0.15) is 0 Å². The first kappa shape index (κ1) is 36.7. The fourth-order valence-electron chi connectivity index (χ4n) is 10.8. The van der Waals surface area contributed by atoms with E-state index in [2.05, 4.69) is 37.5 Å². The highest BCUT2D eigenvalue weighted by atomic mass is 16.7. The molecule has 2 atom stereocenters. The van der Waals surface area contributed by atoms with Crippen molar-refractivity contribution in [3.8, 4) is 23.7 Å². The van der Waals surface area contributed by atoms with Crippen LogP contribution < -0.4 is 0 Å². The molecule has 0 spiro atoms. The van der Waals surface area contributed by atoms with E-state index in [1.54, 1.807) is 0 Å². The van der Waals surface area contributed by atoms with Gasteiger partial charge in [-0.15, -0.1) is 0 Å². The summed E-state index contributed by atoms with van der Waals surface area (Å²) in [6.45, 7) is 6.30. The molecule has 2 unspecified atom stereocenters. The van der Waals surface area contributed by atoms with Gasteiger partial charge in [-0.25, -0.2) is 0 Å². The Balaban J connectivity index is 1.11. The van der Waals surface area contributed by atoms with Crippen molar-refractivity contribution in [2.45, 2.75) is 205 Å². The van der Waals surface area contributed by atoms with E-state index in [0.717, 1.165) is 100 Å². The molecule has 0 aromatic rings. The molecular formula is C44H70O4. The Morgan fingerprint density at radius 3 is 1.19 bits per heavy atom. The largest absolute Gasteiger partial charge is 0.353 e. The van der Waals surface area contributed by atoms with Gasteiger partial charge in [0, 0.05) is 13.2 Å². The second-order valence-corrected chi connectivity index (χ2v) is 17.1. The van der Waals surface area contributed by atoms with Gasteiger partial charge in [-0.3, -0.25) is 0 Å². The van der Waals surface area contributed by atoms with Crippen LogP contribution in [0.2, 0.25) is 0 Å². The molecule has 0 aromatic heterocycles. The molecule has 0 N–H and O–H groups in total. The van der Waals surface area contributed by atoms with Crippen molar-refractivity contribution in [2.75, 3.05) is 13.2 Å². The molecule has 2 heterocycles. The summed E-state index contributed by atoms with van der Waals surface area (Å²) >= 11 is 0. The zero-order valence-corrected chi connectivity index (χ0v) is 31.1. The molecule has 4 saturated carbocycles. The van der Waals surface area contributed by atoms with Crippen molar-refractivity contribution >= 4 is 0 Å². The van der Waals surface area contributed by atoms with E-state index in [1.165, 1.54) is 116 Å². The minimum atomic E-state index is -0.429. The summed E-state index contributed by atoms with van der Waals surface area (Å²) in [6, 6.07) is 0. The normalized spacial score (nSPS) is 41.0. The van der Waals surface area contributed by atoms with Gasteiger partial charge in [0.05, 0.1) is 0 Å². The molecule has 4 heteroatoms. The summed E-state index contributed by atoms with van der Waals surface area (Å²) in [5.74, 6) is 19.5. The molecule has 0 bridgehead atoms. The molecule has 270 valence electrons. The first-order valence-corrected chi connectivity index (χ1v) is 21.2. The smallest absolute Gasteiger partial charge is 0.159 e. The van der Waals surface area contributed by atoms with Crippen molar-refractivity contribution in [2.24, 2.45) is 35.5 Å². The third-order valence-electron chi connectivity index (χ3n) is 13.8. The van der Waals surface area contributed by atoms with E-state index >= 15 is 0 Å². The summed E-state index contributed by atoms with van der Waals surface area (Å²) in [7, 11) is 0. The van der Waals surface area contributed by atoms with Crippen LogP contribution in [0, 0.1) is 59.2 Å². The fraction of sp³-hybridized carbons (Fsp3) is 0.909. The third-order valence-corrected chi connectivity index (χ3v) is 13.8. The fourth-order valence-corrected chi connectivity index (χ4v) is 10.8. The van der Waals surface area contributed by atoms with E-state index in [0.29, 0.717) is 0 Å². The zero-order valence-electron chi connectivity index (χ0n) is 31.1. The van der Waals surface area contributed by atoms with Gasteiger partial charge < -0.3 is 18.9 Å². The van der Waals surface area contributed by atoms with E-state index in [9.17, 15) is 0 Å². The molecular weight excluding hydrogens is 592 g/mol. The van der Waals surface area contributed by atoms with Gasteiger partial charge in [0.15, 0.2) is 12.6 Å². The van der Waals surface area contributed by atoms with Crippen molar-refractivity contribution in [1.29, 1.82) is 0 Å². The molecule has 0 amide bonds. The first-order chi connectivity index (χ1) is 23.6. The molecule has 2 aliphatic heterocycles.